The molecule has 3 heterocycles. The number of carbonyl (C=O) groups is 1. The van der Waals surface area contributed by atoms with Gasteiger partial charge in [0.05, 0.1) is 25.1 Å². The van der Waals surface area contributed by atoms with Crippen molar-refractivity contribution in [2.75, 3.05) is 31.6 Å². The van der Waals surface area contributed by atoms with E-state index in [1.54, 1.807) is 12.3 Å². The highest BCUT2D eigenvalue weighted by molar-refractivity contribution is 5.92. The molecule has 2 aliphatic rings. The predicted molar refractivity (Wildman–Crippen MR) is 98.5 cm³/mol. The summed E-state index contributed by atoms with van der Waals surface area (Å²) < 4.78 is 11.4. The van der Waals surface area contributed by atoms with E-state index in [-0.39, 0.29) is 5.91 Å². The van der Waals surface area contributed by atoms with E-state index in [1.165, 1.54) is 5.56 Å². The van der Waals surface area contributed by atoms with Gasteiger partial charge in [0, 0.05) is 31.6 Å². The molecule has 2 aromatic rings. The Balaban J connectivity index is 1.37. The van der Waals surface area contributed by atoms with Gasteiger partial charge in [0.2, 0.25) is 0 Å². The molecule has 1 aromatic carbocycles. The quantitative estimate of drug-likeness (QED) is 0.919. The van der Waals surface area contributed by atoms with Crippen LogP contribution in [0, 0.1) is 6.92 Å². The Labute approximate surface area is 153 Å². The van der Waals surface area contributed by atoms with Gasteiger partial charge in [0.25, 0.3) is 5.91 Å². The number of pyridine rings is 1. The van der Waals surface area contributed by atoms with Crippen LogP contribution in [0.4, 0.5) is 11.4 Å². The van der Waals surface area contributed by atoms with Gasteiger partial charge in [0.1, 0.15) is 5.69 Å². The van der Waals surface area contributed by atoms with E-state index < -0.39 is 5.79 Å². The number of aromatic nitrogens is 1. The molecule has 0 aliphatic carbocycles. The van der Waals surface area contributed by atoms with Crippen molar-refractivity contribution < 1.29 is 14.3 Å². The van der Waals surface area contributed by atoms with Crippen LogP contribution in [-0.4, -0.2) is 47.9 Å². The van der Waals surface area contributed by atoms with E-state index in [4.69, 9.17) is 9.47 Å². The van der Waals surface area contributed by atoms with Crippen LogP contribution >= 0.6 is 0 Å². The zero-order chi connectivity index (χ0) is 18.0. The highest BCUT2D eigenvalue weighted by Gasteiger charge is 2.40. The van der Waals surface area contributed by atoms with Crippen LogP contribution < -0.4 is 5.32 Å². The molecule has 1 amide bonds. The molecular weight excluding hydrogens is 330 g/mol. The first-order chi connectivity index (χ1) is 12.6. The molecule has 1 aromatic heterocycles. The molecule has 1 N–H and O–H groups in total. The van der Waals surface area contributed by atoms with Crippen LogP contribution in [0.15, 0.2) is 42.6 Å². The third kappa shape index (κ3) is 3.57. The van der Waals surface area contributed by atoms with E-state index in [0.717, 1.165) is 11.4 Å². The molecule has 2 fully saturated rings. The van der Waals surface area contributed by atoms with Gasteiger partial charge in [-0.05, 0) is 31.2 Å². The van der Waals surface area contributed by atoms with Gasteiger partial charge < -0.3 is 19.7 Å². The van der Waals surface area contributed by atoms with Crippen molar-refractivity contribution in [2.24, 2.45) is 0 Å². The van der Waals surface area contributed by atoms with Crippen molar-refractivity contribution in [2.45, 2.75) is 25.6 Å². The molecule has 0 atom stereocenters. The Morgan fingerprint density at radius 2 is 1.69 bits per heavy atom. The molecule has 0 bridgehead atoms. The lowest BCUT2D eigenvalue weighted by atomic mass is 10.0. The third-order valence-electron chi connectivity index (χ3n) is 4.95. The molecular formula is C20H23N3O3. The largest absolute Gasteiger partial charge is 0.354 e. The van der Waals surface area contributed by atoms with Crippen molar-refractivity contribution >= 4 is 17.3 Å². The lowest BCUT2D eigenvalue weighted by molar-refractivity contribution is -0.181. The Morgan fingerprint density at radius 3 is 2.31 bits per heavy atom. The minimum atomic E-state index is -0.466. The molecule has 4 rings (SSSR count). The van der Waals surface area contributed by atoms with Crippen LogP contribution in [0.25, 0.3) is 0 Å². The number of rotatable bonds is 3. The minimum absolute atomic E-state index is 0.0419. The first-order valence-electron chi connectivity index (χ1n) is 9.01. The van der Waals surface area contributed by atoms with E-state index >= 15 is 0 Å². The molecule has 0 unspecified atom stereocenters. The highest BCUT2D eigenvalue weighted by atomic mass is 16.7. The van der Waals surface area contributed by atoms with Crippen molar-refractivity contribution in [1.29, 1.82) is 0 Å². The second kappa shape index (κ2) is 7.05. The van der Waals surface area contributed by atoms with Crippen LogP contribution in [0.3, 0.4) is 0 Å². The second-order valence-electron chi connectivity index (χ2n) is 6.82. The summed E-state index contributed by atoms with van der Waals surface area (Å²) >= 11 is 0. The number of piperidine rings is 1. The zero-order valence-corrected chi connectivity index (χ0v) is 14.9. The van der Waals surface area contributed by atoms with Gasteiger partial charge in [-0.3, -0.25) is 4.79 Å². The first kappa shape index (κ1) is 17.0. The molecule has 0 radical (unpaired) electrons. The van der Waals surface area contributed by atoms with Crippen molar-refractivity contribution in [1.82, 2.24) is 9.88 Å². The Hall–Kier alpha value is -2.44. The van der Waals surface area contributed by atoms with Crippen molar-refractivity contribution in [3.8, 4) is 0 Å². The standard InChI is InChI=1S/C20H23N3O3/c1-15-2-4-16(5-3-15)22-17-6-7-18(21-14-17)19(24)23-10-8-20(9-11-23)25-12-13-26-20/h2-7,14,22H,8-13H2,1H3. The van der Waals surface area contributed by atoms with E-state index in [9.17, 15) is 4.79 Å². The van der Waals surface area contributed by atoms with Crippen molar-refractivity contribution in [3.63, 3.8) is 0 Å². The maximum absolute atomic E-state index is 12.7. The van der Waals surface area contributed by atoms with Crippen LogP contribution in [0.2, 0.25) is 0 Å². The number of aryl methyl sites for hydroxylation is 1. The van der Waals surface area contributed by atoms with Crippen LogP contribution in [0.5, 0.6) is 0 Å². The lowest BCUT2D eigenvalue weighted by Gasteiger charge is -2.37. The molecule has 2 aliphatic heterocycles. The minimum Gasteiger partial charge on any atom is -0.354 e. The molecule has 26 heavy (non-hydrogen) atoms. The molecule has 2 saturated heterocycles. The summed E-state index contributed by atoms with van der Waals surface area (Å²) in [6.45, 7) is 4.60. The average molecular weight is 353 g/mol. The summed E-state index contributed by atoms with van der Waals surface area (Å²) in [4.78, 5) is 18.8. The van der Waals surface area contributed by atoms with Crippen molar-refractivity contribution in [3.05, 3.63) is 53.9 Å². The van der Waals surface area contributed by atoms with E-state index in [0.29, 0.717) is 44.8 Å². The third-order valence-corrected chi connectivity index (χ3v) is 4.95. The fourth-order valence-electron chi connectivity index (χ4n) is 3.40. The number of nitrogens with zero attached hydrogens (tertiary/aromatic N) is 2. The number of likely N-dealkylation sites (tertiary alicyclic amines) is 1. The number of anilines is 2. The normalized spacial score (nSPS) is 18.9. The van der Waals surface area contributed by atoms with Gasteiger partial charge in [-0.25, -0.2) is 4.98 Å². The number of ether oxygens (including phenoxy) is 2. The highest BCUT2D eigenvalue weighted by Crippen LogP contribution is 2.31. The van der Waals surface area contributed by atoms with Gasteiger partial charge >= 0.3 is 0 Å². The number of benzene rings is 1. The van der Waals surface area contributed by atoms with Gasteiger partial charge in [-0.1, -0.05) is 17.7 Å². The first-order valence-corrected chi connectivity index (χ1v) is 9.01. The van der Waals surface area contributed by atoms with Crippen LogP contribution in [-0.2, 0) is 9.47 Å². The molecule has 0 saturated carbocycles. The van der Waals surface area contributed by atoms with Gasteiger partial charge in [0.15, 0.2) is 5.79 Å². The molecule has 136 valence electrons. The maximum atomic E-state index is 12.7. The monoisotopic (exact) mass is 353 g/mol. The number of hydrogen-bond donors (Lipinski definition) is 1. The summed E-state index contributed by atoms with van der Waals surface area (Å²) in [7, 11) is 0. The molecule has 6 nitrogen and oxygen atoms in total. The predicted octanol–water partition coefficient (Wildman–Crippen LogP) is 3.11. The topological polar surface area (TPSA) is 63.7 Å². The fraction of sp³-hybridized carbons (Fsp3) is 0.400. The molecule has 6 heteroatoms. The Bertz CT molecular complexity index is 758. The number of nitrogens with one attached hydrogen (secondary N) is 1. The second-order valence-corrected chi connectivity index (χ2v) is 6.82. The zero-order valence-electron chi connectivity index (χ0n) is 14.9. The Kier molecular flexibility index (Phi) is 4.61. The number of hydrogen-bond acceptors (Lipinski definition) is 5. The van der Waals surface area contributed by atoms with Gasteiger partial charge in [-0.15, -0.1) is 0 Å². The number of carbonyl (C=O) groups excluding carboxylic acids is 1. The summed E-state index contributed by atoms with van der Waals surface area (Å²) in [6.07, 6.45) is 3.12. The number of amides is 1. The lowest BCUT2D eigenvalue weighted by Crippen LogP contribution is -2.47. The maximum Gasteiger partial charge on any atom is 0.272 e. The SMILES string of the molecule is Cc1ccc(Nc2ccc(C(=O)N3CCC4(CC3)OCCO4)nc2)cc1. The summed E-state index contributed by atoms with van der Waals surface area (Å²) in [6, 6.07) is 11.8. The van der Waals surface area contributed by atoms with E-state index in [2.05, 4.69) is 29.4 Å². The smallest absolute Gasteiger partial charge is 0.272 e. The summed E-state index contributed by atoms with van der Waals surface area (Å²) in [5.74, 6) is -0.508. The Morgan fingerprint density at radius 1 is 1.04 bits per heavy atom. The van der Waals surface area contributed by atoms with Gasteiger partial charge in [-0.2, -0.15) is 0 Å². The fourth-order valence-corrected chi connectivity index (χ4v) is 3.40. The van der Waals surface area contributed by atoms with E-state index in [1.807, 2.05) is 23.1 Å². The average Bonchev–Trinajstić information content (AvgIpc) is 3.12. The molecule has 1 spiro atoms. The summed E-state index contributed by atoms with van der Waals surface area (Å²) in [5.41, 5.74) is 3.53. The summed E-state index contributed by atoms with van der Waals surface area (Å²) in [5, 5.41) is 3.29. The van der Waals surface area contributed by atoms with Crippen LogP contribution in [0.1, 0.15) is 28.9 Å².